The first-order valence-corrected chi connectivity index (χ1v) is 10.2. The van der Waals surface area contributed by atoms with Crippen molar-refractivity contribution in [2.75, 3.05) is 25.5 Å². The number of H-pyrrole nitrogens is 1. The van der Waals surface area contributed by atoms with E-state index in [1.54, 1.807) is 4.57 Å². The second-order valence-corrected chi connectivity index (χ2v) is 7.61. The molecule has 1 fully saturated rings. The summed E-state index contributed by atoms with van der Waals surface area (Å²) in [5.74, 6) is -0.456. The van der Waals surface area contributed by atoms with Crippen molar-refractivity contribution in [3.05, 3.63) is 29.3 Å². The van der Waals surface area contributed by atoms with Crippen molar-refractivity contribution < 1.29 is 28.0 Å². The lowest BCUT2D eigenvalue weighted by atomic mass is 10.2. The SMILES string of the molecule is C=CC(=O)NCCOP(=O)(O)OCC1CCC(n2cnc3c(=O)[nH]c(N)nc32)O1. The fourth-order valence-electron chi connectivity index (χ4n) is 2.79. The van der Waals surface area contributed by atoms with Gasteiger partial charge < -0.3 is 20.7 Å². The Labute approximate surface area is 164 Å². The van der Waals surface area contributed by atoms with E-state index in [4.69, 9.17) is 19.5 Å². The molecule has 0 radical (unpaired) electrons. The number of anilines is 1. The van der Waals surface area contributed by atoms with Gasteiger partial charge in [-0.05, 0) is 18.9 Å². The van der Waals surface area contributed by atoms with E-state index in [1.807, 2.05) is 0 Å². The molecule has 3 unspecified atom stereocenters. The molecule has 14 heteroatoms. The molecular formula is C15H21N6O7P. The van der Waals surface area contributed by atoms with Crippen LogP contribution in [0.5, 0.6) is 0 Å². The molecular weight excluding hydrogens is 407 g/mol. The summed E-state index contributed by atoms with van der Waals surface area (Å²) in [6.45, 7) is 2.94. The summed E-state index contributed by atoms with van der Waals surface area (Å²) in [7, 11) is -4.30. The molecule has 3 atom stereocenters. The number of phosphoric ester groups is 1. The van der Waals surface area contributed by atoms with E-state index in [0.29, 0.717) is 12.8 Å². The fourth-order valence-corrected chi connectivity index (χ4v) is 3.54. The highest BCUT2D eigenvalue weighted by atomic mass is 31.2. The van der Waals surface area contributed by atoms with Crippen LogP contribution in [0.2, 0.25) is 0 Å². The molecule has 0 spiro atoms. The van der Waals surface area contributed by atoms with Crippen LogP contribution in [0.15, 0.2) is 23.8 Å². The Balaban J connectivity index is 1.51. The van der Waals surface area contributed by atoms with Gasteiger partial charge in [0.2, 0.25) is 11.9 Å². The van der Waals surface area contributed by atoms with E-state index in [1.165, 1.54) is 6.33 Å². The van der Waals surface area contributed by atoms with Gasteiger partial charge in [-0.15, -0.1) is 0 Å². The standard InChI is InChI=1S/C15H21N6O7P/c1-2-10(22)17-5-6-26-29(24,25)27-7-9-3-4-11(28-9)21-8-18-12-13(21)19-15(16)20-14(12)23/h2,8-9,11H,1,3-7H2,(H,17,22)(H,24,25)(H3,16,19,20,23). The van der Waals surface area contributed by atoms with E-state index >= 15 is 0 Å². The second-order valence-electron chi connectivity index (χ2n) is 6.16. The van der Waals surface area contributed by atoms with E-state index in [-0.39, 0.29) is 36.9 Å². The maximum absolute atomic E-state index is 11.9. The lowest BCUT2D eigenvalue weighted by Gasteiger charge is -2.17. The predicted molar refractivity (Wildman–Crippen MR) is 101 cm³/mol. The van der Waals surface area contributed by atoms with Gasteiger partial charge in [-0.1, -0.05) is 6.58 Å². The molecule has 1 aliphatic rings. The van der Waals surface area contributed by atoms with Gasteiger partial charge in [0, 0.05) is 6.54 Å². The first kappa shape index (κ1) is 21.1. The maximum Gasteiger partial charge on any atom is 0.472 e. The number of nitrogens with two attached hydrogens (primary N) is 1. The largest absolute Gasteiger partial charge is 0.472 e. The third-order valence-electron chi connectivity index (χ3n) is 4.11. The Morgan fingerprint density at radius 1 is 1.55 bits per heavy atom. The number of amides is 1. The Morgan fingerprint density at radius 3 is 3.10 bits per heavy atom. The van der Waals surface area contributed by atoms with Gasteiger partial charge in [-0.3, -0.25) is 28.2 Å². The van der Waals surface area contributed by atoms with Crippen LogP contribution in [0.4, 0.5) is 5.95 Å². The summed E-state index contributed by atoms with van der Waals surface area (Å²) in [5.41, 5.74) is 5.55. The highest BCUT2D eigenvalue weighted by Gasteiger charge is 2.31. The average molecular weight is 428 g/mol. The van der Waals surface area contributed by atoms with Crippen LogP contribution in [-0.2, 0) is 23.1 Å². The number of rotatable bonds is 9. The Kier molecular flexibility index (Phi) is 6.45. The highest BCUT2D eigenvalue weighted by Crippen LogP contribution is 2.44. The number of aromatic amines is 1. The van der Waals surface area contributed by atoms with Crippen LogP contribution in [0.25, 0.3) is 11.2 Å². The monoisotopic (exact) mass is 428 g/mol. The predicted octanol–water partition coefficient (Wildman–Crippen LogP) is -0.185. The molecule has 0 saturated carbocycles. The molecule has 3 heterocycles. The third-order valence-corrected chi connectivity index (χ3v) is 5.09. The van der Waals surface area contributed by atoms with Crippen molar-refractivity contribution in [1.29, 1.82) is 0 Å². The van der Waals surface area contributed by atoms with Crippen molar-refractivity contribution in [3.63, 3.8) is 0 Å². The Bertz CT molecular complexity index is 1000. The molecule has 1 aliphatic heterocycles. The number of carbonyl (C=O) groups is 1. The van der Waals surface area contributed by atoms with Crippen LogP contribution in [0, 0.1) is 0 Å². The number of carbonyl (C=O) groups excluding carboxylic acids is 1. The quantitative estimate of drug-likeness (QED) is 0.237. The molecule has 3 rings (SSSR count). The van der Waals surface area contributed by atoms with Crippen molar-refractivity contribution in [3.8, 4) is 0 Å². The molecule has 13 nitrogen and oxygen atoms in total. The van der Waals surface area contributed by atoms with Crippen molar-refractivity contribution in [2.24, 2.45) is 0 Å². The second kappa shape index (κ2) is 8.84. The number of nitrogen functional groups attached to an aromatic ring is 1. The van der Waals surface area contributed by atoms with E-state index < -0.39 is 31.6 Å². The molecule has 1 amide bonds. The summed E-state index contributed by atoms with van der Waals surface area (Å²) in [6, 6.07) is 0. The molecule has 1 saturated heterocycles. The highest BCUT2D eigenvalue weighted by molar-refractivity contribution is 7.47. The fraction of sp³-hybridized carbons (Fsp3) is 0.467. The van der Waals surface area contributed by atoms with E-state index in [9.17, 15) is 19.0 Å². The molecule has 2 aromatic heterocycles. The number of phosphoric acid groups is 1. The molecule has 0 bridgehead atoms. The van der Waals surface area contributed by atoms with E-state index in [2.05, 4.69) is 26.8 Å². The third kappa shape index (κ3) is 5.28. The van der Waals surface area contributed by atoms with Gasteiger partial charge in [0.15, 0.2) is 11.2 Å². The first-order valence-electron chi connectivity index (χ1n) is 8.69. The van der Waals surface area contributed by atoms with Crippen LogP contribution < -0.4 is 16.6 Å². The molecule has 0 aromatic carbocycles. The van der Waals surface area contributed by atoms with Crippen molar-refractivity contribution >= 4 is 30.8 Å². The molecule has 0 aliphatic carbocycles. The van der Waals surface area contributed by atoms with Crippen LogP contribution in [-0.4, -0.2) is 56.2 Å². The topological polar surface area (TPSA) is 184 Å². The van der Waals surface area contributed by atoms with E-state index in [0.717, 1.165) is 6.08 Å². The van der Waals surface area contributed by atoms with Gasteiger partial charge in [-0.25, -0.2) is 9.55 Å². The minimum Gasteiger partial charge on any atom is -0.369 e. The molecule has 29 heavy (non-hydrogen) atoms. The van der Waals surface area contributed by atoms with Gasteiger partial charge in [0.05, 0.1) is 25.6 Å². The number of hydrogen-bond acceptors (Lipinski definition) is 9. The maximum atomic E-state index is 11.9. The van der Waals surface area contributed by atoms with Crippen molar-refractivity contribution in [2.45, 2.75) is 25.2 Å². The summed E-state index contributed by atoms with van der Waals surface area (Å²) >= 11 is 0. The number of aromatic nitrogens is 4. The lowest BCUT2D eigenvalue weighted by Crippen LogP contribution is -2.25. The summed E-state index contributed by atoms with van der Waals surface area (Å²) in [6.07, 6.45) is 2.65. The number of imidazole rings is 1. The van der Waals surface area contributed by atoms with Crippen LogP contribution >= 0.6 is 7.82 Å². The minimum absolute atomic E-state index is 0.0315. The number of nitrogens with one attached hydrogen (secondary N) is 2. The number of ether oxygens (including phenoxy) is 1. The lowest BCUT2D eigenvalue weighted by molar-refractivity contribution is -0.116. The van der Waals surface area contributed by atoms with Gasteiger partial charge in [0.25, 0.3) is 5.56 Å². The van der Waals surface area contributed by atoms with Gasteiger partial charge in [-0.2, -0.15) is 4.98 Å². The van der Waals surface area contributed by atoms with Crippen LogP contribution in [0.1, 0.15) is 19.1 Å². The average Bonchev–Trinajstić information content (AvgIpc) is 3.30. The van der Waals surface area contributed by atoms with Gasteiger partial charge in [0.1, 0.15) is 6.23 Å². The normalized spacial score (nSPS) is 21.1. The smallest absolute Gasteiger partial charge is 0.369 e. The zero-order chi connectivity index (χ0) is 21.0. The first-order chi connectivity index (χ1) is 13.8. The summed E-state index contributed by atoms with van der Waals surface area (Å²) in [5, 5.41) is 2.40. The Hall–Kier alpha value is -2.57. The van der Waals surface area contributed by atoms with Crippen LogP contribution in [0.3, 0.4) is 0 Å². The molecule has 5 N–H and O–H groups in total. The Morgan fingerprint density at radius 2 is 2.34 bits per heavy atom. The molecule has 2 aromatic rings. The zero-order valence-electron chi connectivity index (χ0n) is 15.3. The van der Waals surface area contributed by atoms with Crippen molar-refractivity contribution in [1.82, 2.24) is 24.8 Å². The van der Waals surface area contributed by atoms with Gasteiger partial charge >= 0.3 is 7.82 Å². The summed E-state index contributed by atoms with van der Waals surface area (Å²) in [4.78, 5) is 43.0. The summed E-state index contributed by atoms with van der Waals surface area (Å²) < 4.78 is 29.0. The zero-order valence-corrected chi connectivity index (χ0v) is 16.2. The number of hydrogen-bond donors (Lipinski definition) is 4. The minimum atomic E-state index is -4.30. The number of nitrogens with zero attached hydrogens (tertiary/aromatic N) is 3. The number of fused-ring (bicyclic) bond motifs is 1. The molecule has 158 valence electrons.